The molecule has 8 rings (SSSR count). The summed E-state index contributed by atoms with van der Waals surface area (Å²) in [4.78, 5) is 0. The van der Waals surface area contributed by atoms with Crippen LogP contribution in [0.2, 0.25) is 0 Å². The maximum Gasteiger partial charge on any atom is 2.00 e. The maximum atomic E-state index is 3.82. The molecule has 2 nitrogen and oxygen atoms in total. The van der Waals surface area contributed by atoms with E-state index in [4.69, 9.17) is 0 Å². The Bertz CT molecular complexity index is 1340. The molecule has 4 aliphatic rings. The van der Waals surface area contributed by atoms with Crippen molar-refractivity contribution >= 4 is 37.1 Å². The van der Waals surface area contributed by atoms with Gasteiger partial charge in [-0.1, -0.05) is 121 Å². The van der Waals surface area contributed by atoms with Crippen LogP contribution in [-0.4, -0.2) is 25.2 Å². The van der Waals surface area contributed by atoms with E-state index in [0.717, 1.165) is 13.1 Å². The summed E-state index contributed by atoms with van der Waals surface area (Å²) >= 11 is 0. The zero-order valence-electron chi connectivity index (χ0n) is 32.0. The van der Waals surface area contributed by atoms with Crippen LogP contribution in [0.4, 0.5) is 0 Å². The van der Waals surface area contributed by atoms with Crippen molar-refractivity contribution in [3.8, 4) is 0 Å². The van der Waals surface area contributed by atoms with Crippen molar-refractivity contribution in [2.45, 2.75) is 25.9 Å². The molecular formula is C50H50Fe2N2P2+4. The molecule has 0 spiro atoms. The van der Waals surface area contributed by atoms with Gasteiger partial charge >= 0.3 is 34.1 Å². The molecule has 0 amide bonds. The van der Waals surface area contributed by atoms with Crippen molar-refractivity contribution in [2.24, 2.45) is 0 Å². The molecule has 0 saturated heterocycles. The summed E-state index contributed by atoms with van der Waals surface area (Å²) in [6.45, 7) is 6.39. The molecule has 2 atom stereocenters. The molecule has 0 heterocycles. The van der Waals surface area contributed by atoms with Gasteiger partial charge in [0.15, 0.2) is 0 Å². The topological polar surface area (TPSA) is 24.1 Å². The second kappa shape index (κ2) is 26.7. The second-order valence-corrected chi connectivity index (χ2v) is 17.4. The average Bonchev–Trinajstić information content (AvgIpc) is 4.09. The molecular weight excluding hydrogens is 802 g/mol. The predicted molar refractivity (Wildman–Crippen MR) is 235 cm³/mol. The molecule has 20 radical (unpaired) electrons. The monoisotopic (exact) mass is 852 g/mol. The molecule has 56 heavy (non-hydrogen) atoms. The van der Waals surface area contributed by atoms with E-state index in [1.54, 1.807) is 0 Å². The summed E-state index contributed by atoms with van der Waals surface area (Å²) < 4.78 is 0. The van der Waals surface area contributed by atoms with Crippen LogP contribution in [0.5, 0.6) is 0 Å². The first-order chi connectivity index (χ1) is 26.7. The molecule has 4 aromatic carbocycles. The summed E-state index contributed by atoms with van der Waals surface area (Å²) in [5, 5.41) is 13.2. The Hall–Kier alpha value is -1.30. The SMILES string of the molecule is C[C@H](NCCN[C@@H](C)[C]1[CH][CH][CH][C]1P(c1ccccc1)c1ccccc1)[C]1[CH][CH][CH][C]1P(c1ccccc1)c1ccccc1.[CH]1[CH][CH][CH][CH]1.[CH]1[CH][CH][CH][CH]1.[Fe+2].[Fe+2]. The Kier molecular flexibility index (Phi) is 22.6. The molecule has 0 aromatic heterocycles. The van der Waals surface area contributed by atoms with Gasteiger partial charge in [-0.05, 0) is 154 Å². The smallest absolute Gasteiger partial charge is 0.312 e. The van der Waals surface area contributed by atoms with Gasteiger partial charge < -0.3 is 10.6 Å². The third-order valence-corrected chi connectivity index (χ3v) is 14.3. The summed E-state index contributed by atoms with van der Waals surface area (Å²) in [6, 6.07) is 44.4. The predicted octanol–water partition coefficient (Wildman–Crippen LogP) is 8.71. The van der Waals surface area contributed by atoms with Crippen LogP contribution in [0.1, 0.15) is 13.8 Å². The van der Waals surface area contributed by atoms with Crippen molar-refractivity contribution in [3.05, 3.63) is 247 Å². The number of nitrogens with one attached hydrogen (secondary N) is 2. The van der Waals surface area contributed by atoms with E-state index in [1.807, 2.05) is 64.2 Å². The molecule has 4 aliphatic carbocycles. The third-order valence-electron chi connectivity index (χ3n) is 9.26. The molecule has 282 valence electrons. The second-order valence-electron chi connectivity index (χ2n) is 13.0. The number of benzene rings is 4. The molecule has 0 unspecified atom stereocenters. The van der Waals surface area contributed by atoms with Gasteiger partial charge in [-0.25, -0.2) is 0 Å². The van der Waals surface area contributed by atoms with Crippen molar-refractivity contribution < 1.29 is 34.1 Å². The summed E-state index contributed by atoms with van der Waals surface area (Å²) in [5.74, 6) is 2.79. The Morgan fingerprint density at radius 3 is 0.857 bits per heavy atom. The van der Waals surface area contributed by atoms with Crippen LogP contribution < -0.4 is 31.9 Å². The standard InChI is InChI=1S/C40H40N2P2.2C5H5.2Fe/c1-31(37-25-15-27-39(37)43(33-17-7-3-8-18-33)34-19-9-4-10-20-34)41-29-30-42-32(2)38-26-16-28-40(38)44(35-21-11-5-12-22-35)36-23-13-6-14-24-36;2*1-2-4-5-3-1;;/h3-28,31-32,41-42H,29-30H2,1-2H3;2*1-5H;;/q;;;2*+2/t31-,32-;;;;/m0..../s1. The van der Waals surface area contributed by atoms with Gasteiger partial charge in [-0.2, -0.15) is 0 Å². The van der Waals surface area contributed by atoms with Crippen molar-refractivity contribution in [3.63, 3.8) is 0 Å². The molecule has 4 aromatic rings. The van der Waals surface area contributed by atoms with E-state index < -0.39 is 15.8 Å². The van der Waals surface area contributed by atoms with Crippen molar-refractivity contribution in [1.82, 2.24) is 10.6 Å². The zero-order valence-corrected chi connectivity index (χ0v) is 36.0. The number of rotatable bonds is 13. The summed E-state index contributed by atoms with van der Waals surface area (Å²) in [6.07, 6.45) is 33.7. The summed E-state index contributed by atoms with van der Waals surface area (Å²) in [5.41, 5.74) is 2.88. The van der Waals surface area contributed by atoms with Crippen LogP contribution in [0.15, 0.2) is 121 Å². The zero-order chi connectivity index (χ0) is 37.2. The largest absolute Gasteiger partial charge is 2.00 e. The molecule has 0 bridgehead atoms. The average molecular weight is 853 g/mol. The van der Waals surface area contributed by atoms with Gasteiger partial charge in [-0.3, -0.25) is 0 Å². The van der Waals surface area contributed by atoms with Gasteiger partial charge in [0.25, 0.3) is 0 Å². The van der Waals surface area contributed by atoms with E-state index >= 15 is 0 Å². The summed E-state index contributed by atoms with van der Waals surface area (Å²) in [7, 11) is -1.24. The quantitative estimate of drug-likeness (QED) is 0.0800. The first kappa shape index (κ1) is 47.4. The van der Waals surface area contributed by atoms with E-state index in [-0.39, 0.29) is 46.2 Å². The fourth-order valence-corrected chi connectivity index (χ4v) is 11.7. The van der Waals surface area contributed by atoms with Crippen LogP contribution in [-0.2, 0) is 34.1 Å². The molecule has 6 heteroatoms. The number of hydrogen-bond acceptors (Lipinski definition) is 2. The molecule has 4 saturated carbocycles. The normalized spacial score (nSPS) is 18.7. The van der Waals surface area contributed by atoms with Crippen LogP contribution in [0, 0.1) is 126 Å². The number of hydrogen-bond donors (Lipinski definition) is 2. The Labute approximate surface area is 365 Å². The molecule has 0 aliphatic heterocycles. The van der Waals surface area contributed by atoms with Crippen molar-refractivity contribution in [1.29, 1.82) is 0 Å². The molecule has 4 fully saturated rings. The van der Waals surface area contributed by atoms with Gasteiger partial charge in [0.2, 0.25) is 0 Å². The minimum atomic E-state index is -0.618. The van der Waals surface area contributed by atoms with Crippen LogP contribution in [0.3, 0.4) is 0 Å². The van der Waals surface area contributed by atoms with Gasteiger partial charge in [0.05, 0.1) is 0 Å². The van der Waals surface area contributed by atoms with Gasteiger partial charge in [0, 0.05) is 48.3 Å². The Balaban J connectivity index is 0.000000505. The first-order valence-corrected chi connectivity index (χ1v) is 21.5. The van der Waals surface area contributed by atoms with E-state index in [2.05, 4.69) is 184 Å². The fourth-order valence-electron chi connectivity index (χ4n) is 6.59. The van der Waals surface area contributed by atoms with E-state index in [0.29, 0.717) is 0 Å². The molecule has 2 N–H and O–H groups in total. The Morgan fingerprint density at radius 2 is 0.607 bits per heavy atom. The van der Waals surface area contributed by atoms with Crippen molar-refractivity contribution in [2.75, 3.05) is 13.1 Å². The maximum absolute atomic E-state index is 3.82. The van der Waals surface area contributed by atoms with Crippen LogP contribution >= 0.6 is 15.8 Å². The van der Waals surface area contributed by atoms with Gasteiger partial charge in [0.1, 0.15) is 0 Å². The first-order valence-electron chi connectivity index (χ1n) is 18.8. The minimum Gasteiger partial charge on any atom is -0.312 e. The Morgan fingerprint density at radius 1 is 0.357 bits per heavy atom. The van der Waals surface area contributed by atoms with E-state index in [1.165, 1.54) is 44.4 Å². The fraction of sp³-hybridized carbons (Fsp3) is 0.120. The minimum absolute atomic E-state index is 0. The third kappa shape index (κ3) is 14.2. The van der Waals surface area contributed by atoms with Crippen LogP contribution in [0.25, 0.3) is 0 Å². The van der Waals surface area contributed by atoms with E-state index in [9.17, 15) is 0 Å². The van der Waals surface area contributed by atoms with Gasteiger partial charge in [-0.15, -0.1) is 0 Å².